The van der Waals surface area contributed by atoms with Gasteiger partial charge < -0.3 is 10.4 Å². The molecule has 0 unspecified atom stereocenters. The molecule has 2 rings (SSSR count). The van der Waals surface area contributed by atoms with Gasteiger partial charge in [0.25, 0.3) is 0 Å². The minimum atomic E-state index is 0. The summed E-state index contributed by atoms with van der Waals surface area (Å²) < 4.78 is 0. The van der Waals surface area contributed by atoms with Crippen LogP contribution >= 0.6 is 24.8 Å². The minimum Gasteiger partial charge on any atom is -0.395 e. The van der Waals surface area contributed by atoms with Crippen LogP contribution in [0.4, 0.5) is 0 Å². The number of rotatable bonds is 5. The van der Waals surface area contributed by atoms with Gasteiger partial charge >= 0.3 is 0 Å². The van der Waals surface area contributed by atoms with Gasteiger partial charge in [-0.15, -0.1) is 24.8 Å². The monoisotopic (exact) mass is 306 g/mol. The molecule has 0 saturated carbocycles. The van der Waals surface area contributed by atoms with Gasteiger partial charge in [-0.05, 0) is 31.5 Å². The normalized spacial score (nSPS) is 15.7. The molecule has 0 radical (unpaired) electrons. The third-order valence-electron chi connectivity index (χ3n) is 3.44. The Hall–Kier alpha value is -0.320. The summed E-state index contributed by atoms with van der Waals surface area (Å²) in [6.45, 7) is 4.17. The Balaban J connectivity index is 0.00000162. The summed E-state index contributed by atoms with van der Waals surface area (Å²) in [7, 11) is 0. The number of halogens is 2. The highest BCUT2D eigenvalue weighted by Gasteiger charge is 2.20. The van der Waals surface area contributed by atoms with E-state index in [0.717, 1.165) is 26.2 Å². The van der Waals surface area contributed by atoms with Crippen molar-refractivity contribution in [2.24, 2.45) is 0 Å². The number of aliphatic hydroxyl groups is 1. The first-order valence-electron chi connectivity index (χ1n) is 6.49. The van der Waals surface area contributed by atoms with Gasteiger partial charge in [0, 0.05) is 19.1 Å². The Labute approximate surface area is 128 Å². The van der Waals surface area contributed by atoms with Crippen LogP contribution < -0.4 is 5.32 Å². The van der Waals surface area contributed by atoms with E-state index in [2.05, 4.69) is 34.5 Å². The van der Waals surface area contributed by atoms with Crippen molar-refractivity contribution in [2.45, 2.75) is 25.4 Å². The second-order valence-corrected chi connectivity index (χ2v) is 4.66. The zero-order valence-corrected chi connectivity index (χ0v) is 12.8. The van der Waals surface area contributed by atoms with E-state index in [0.29, 0.717) is 6.04 Å². The predicted molar refractivity (Wildman–Crippen MR) is 84.3 cm³/mol. The number of nitrogens with zero attached hydrogens (tertiary/aromatic N) is 1. The molecule has 1 heterocycles. The molecule has 0 atom stereocenters. The molecular weight excluding hydrogens is 283 g/mol. The van der Waals surface area contributed by atoms with Crippen LogP contribution in [0.3, 0.4) is 0 Å². The van der Waals surface area contributed by atoms with Crippen molar-refractivity contribution in [3.05, 3.63) is 35.9 Å². The molecule has 5 heteroatoms. The first-order valence-corrected chi connectivity index (χ1v) is 6.49. The molecule has 0 bridgehead atoms. The van der Waals surface area contributed by atoms with Gasteiger partial charge in [-0.25, -0.2) is 0 Å². The smallest absolute Gasteiger partial charge is 0.0558 e. The fraction of sp³-hybridized carbons (Fsp3) is 0.571. The van der Waals surface area contributed by atoms with Gasteiger partial charge in [0.05, 0.1) is 6.61 Å². The average molecular weight is 307 g/mol. The third-order valence-corrected chi connectivity index (χ3v) is 3.44. The SMILES string of the molecule is Cl.Cl.OCCN(Cc1ccccc1)C1CCNCC1. The van der Waals surface area contributed by atoms with E-state index in [-0.39, 0.29) is 31.4 Å². The van der Waals surface area contributed by atoms with Crippen molar-refractivity contribution in [2.75, 3.05) is 26.2 Å². The molecule has 1 saturated heterocycles. The lowest BCUT2D eigenvalue weighted by Gasteiger charge is -2.34. The van der Waals surface area contributed by atoms with E-state index in [1.54, 1.807) is 0 Å². The average Bonchev–Trinajstić information content (AvgIpc) is 2.40. The van der Waals surface area contributed by atoms with Gasteiger partial charge in [-0.2, -0.15) is 0 Å². The Morgan fingerprint density at radius 3 is 2.32 bits per heavy atom. The first-order chi connectivity index (χ1) is 8.40. The fourth-order valence-corrected chi connectivity index (χ4v) is 2.51. The molecule has 1 aromatic rings. The summed E-state index contributed by atoms with van der Waals surface area (Å²) in [6.07, 6.45) is 2.37. The maximum atomic E-state index is 9.19. The zero-order valence-electron chi connectivity index (χ0n) is 11.1. The van der Waals surface area contributed by atoms with Crippen molar-refractivity contribution in [3.8, 4) is 0 Å². The second kappa shape index (κ2) is 10.5. The summed E-state index contributed by atoms with van der Waals surface area (Å²) in [5.74, 6) is 0. The third kappa shape index (κ3) is 6.11. The number of hydrogen-bond acceptors (Lipinski definition) is 3. The van der Waals surface area contributed by atoms with Crippen molar-refractivity contribution in [3.63, 3.8) is 0 Å². The number of benzene rings is 1. The van der Waals surface area contributed by atoms with Crippen LogP contribution in [0.2, 0.25) is 0 Å². The molecule has 0 amide bonds. The molecule has 0 spiro atoms. The van der Waals surface area contributed by atoms with Gasteiger partial charge in [0.15, 0.2) is 0 Å². The van der Waals surface area contributed by atoms with E-state index in [1.807, 2.05) is 6.07 Å². The van der Waals surface area contributed by atoms with Crippen LogP contribution in [0.25, 0.3) is 0 Å². The summed E-state index contributed by atoms with van der Waals surface area (Å²) in [6, 6.07) is 11.1. The zero-order chi connectivity index (χ0) is 11.9. The molecular formula is C14H24Cl2N2O. The van der Waals surface area contributed by atoms with Crippen molar-refractivity contribution in [1.82, 2.24) is 10.2 Å². The van der Waals surface area contributed by atoms with Gasteiger partial charge in [-0.3, -0.25) is 4.90 Å². The topological polar surface area (TPSA) is 35.5 Å². The minimum absolute atomic E-state index is 0. The first kappa shape index (κ1) is 18.7. The maximum Gasteiger partial charge on any atom is 0.0558 e. The Morgan fingerprint density at radius 2 is 1.74 bits per heavy atom. The molecule has 0 aromatic heterocycles. The van der Waals surface area contributed by atoms with Crippen LogP contribution in [-0.4, -0.2) is 42.3 Å². The highest BCUT2D eigenvalue weighted by atomic mass is 35.5. The van der Waals surface area contributed by atoms with Gasteiger partial charge in [-0.1, -0.05) is 30.3 Å². The van der Waals surface area contributed by atoms with E-state index in [9.17, 15) is 5.11 Å². The Morgan fingerprint density at radius 1 is 1.11 bits per heavy atom. The Kier molecular flexibility index (Phi) is 10.3. The molecule has 1 aromatic carbocycles. The predicted octanol–water partition coefficient (Wildman–Crippen LogP) is 2.08. The summed E-state index contributed by atoms with van der Waals surface area (Å²) in [4.78, 5) is 2.41. The van der Waals surface area contributed by atoms with Gasteiger partial charge in [0.2, 0.25) is 0 Å². The van der Waals surface area contributed by atoms with Crippen molar-refractivity contribution in [1.29, 1.82) is 0 Å². The molecule has 1 aliphatic rings. The van der Waals surface area contributed by atoms with Crippen molar-refractivity contribution >= 4 is 24.8 Å². The van der Waals surface area contributed by atoms with Crippen molar-refractivity contribution < 1.29 is 5.11 Å². The quantitative estimate of drug-likeness (QED) is 0.874. The highest BCUT2D eigenvalue weighted by Crippen LogP contribution is 2.15. The molecule has 19 heavy (non-hydrogen) atoms. The van der Waals surface area contributed by atoms with Crippen LogP contribution in [0.1, 0.15) is 18.4 Å². The molecule has 1 aliphatic heterocycles. The van der Waals surface area contributed by atoms with Gasteiger partial charge in [0.1, 0.15) is 0 Å². The molecule has 110 valence electrons. The van der Waals surface area contributed by atoms with Crippen LogP contribution in [0, 0.1) is 0 Å². The van der Waals surface area contributed by atoms with Crippen LogP contribution in [0.5, 0.6) is 0 Å². The second-order valence-electron chi connectivity index (χ2n) is 4.66. The lowest BCUT2D eigenvalue weighted by atomic mass is 10.0. The Bertz CT molecular complexity index is 318. The maximum absolute atomic E-state index is 9.19. The summed E-state index contributed by atoms with van der Waals surface area (Å²) >= 11 is 0. The van der Waals surface area contributed by atoms with E-state index < -0.39 is 0 Å². The number of aliphatic hydroxyl groups excluding tert-OH is 1. The van der Waals surface area contributed by atoms with E-state index >= 15 is 0 Å². The summed E-state index contributed by atoms with van der Waals surface area (Å²) in [5, 5.41) is 12.6. The van der Waals surface area contributed by atoms with Crippen LogP contribution in [-0.2, 0) is 6.54 Å². The largest absolute Gasteiger partial charge is 0.395 e. The lowest BCUT2D eigenvalue weighted by Crippen LogP contribution is -2.43. The fourth-order valence-electron chi connectivity index (χ4n) is 2.51. The lowest BCUT2D eigenvalue weighted by molar-refractivity contribution is 0.121. The summed E-state index contributed by atoms with van der Waals surface area (Å²) in [5.41, 5.74) is 1.33. The standard InChI is InChI=1S/C14H22N2O.2ClH/c17-11-10-16(14-6-8-15-9-7-14)12-13-4-2-1-3-5-13;;/h1-5,14-15,17H,6-12H2;2*1H. The van der Waals surface area contributed by atoms with E-state index in [4.69, 9.17) is 0 Å². The molecule has 1 fully saturated rings. The highest BCUT2D eigenvalue weighted by molar-refractivity contribution is 5.85. The van der Waals surface area contributed by atoms with E-state index in [1.165, 1.54) is 18.4 Å². The number of piperidine rings is 1. The molecule has 2 N–H and O–H groups in total. The van der Waals surface area contributed by atoms with Crippen LogP contribution in [0.15, 0.2) is 30.3 Å². The number of nitrogens with one attached hydrogen (secondary N) is 1. The number of hydrogen-bond donors (Lipinski definition) is 2. The molecule has 0 aliphatic carbocycles. The molecule has 3 nitrogen and oxygen atoms in total.